The predicted molar refractivity (Wildman–Crippen MR) is 53.0 cm³/mol. The standard InChI is InChI=1S/C10H16N2O3/c1-10(15)4-5-12(6-10)9(14)7-2-3-8(13)11-7/h7,15H,2-6H2,1H3,(H,11,13)/t7-,10?/m1/s1. The fraction of sp³-hybridized carbons (Fsp3) is 0.800. The molecule has 0 bridgehead atoms. The highest BCUT2D eigenvalue weighted by Crippen LogP contribution is 2.22. The van der Waals surface area contributed by atoms with Crippen LogP contribution in [-0.2, 0) is 9.59 Å². The van der Waals surface area contributed by atoms with Crippen molar-refractivity contribution >= 4 is 11.8 Å². The summed E-state index contributed by atoms with van der Waals surface area (Å²) in [4.78, 5) is 24.5. The number of β-amino-alcohol motifs (C(OH)–C–C–N with tert-alkyl or cyclic N) is 1. The Bertz CT molecular complexity index is 301. The molecule has 5 nitrogen and oxygen atoms in total. The van der Waals surface area contributed by atoms with Crippen LogP contribution in [0, 0.1) is 0 Å². The number of amides is 2. The molecule has 0 aliphatic carbocycles. The summed E-state index contributed by atoms with van der Waals surface area (Å²) in [6, 6.07) is -0.369. The van der Waals surface area contributed by atoms with Gasteiger partial charge in [-0.15, -0.1) is 0 Å². The van der Waals surface area contributed by atoms with Crippen LogP contribution in [-0.4, -0.2) is 46.6 Å². The second kappa shape index (κ2) is 3.48. The Kier molecular flexibility index (Phi) is 2.42. The molecule has 2 heterocycles. The molecule has 84 valence electrons. The third kappa shape index (κ3) is 2.12. The van der Waals surface area contributed by atoms with E-state index >= 15 is 0 Å². The Morgan fingerprint density at radius 3 is 2.87 bits per heavy atom. The summed E-state index contributed by atoms with van der Waals surface area (Å²) in [7, 11) is 0. The van der Waals surface area contributed by atoms with Gasteiger partial charge in [-0.25, -0.2) is 0 Å². The number of nitrogens with zero attached hydrogens (tertiary/aromatic N) is 1. The van der Waals surface area contributed by atoms with E-state index in [1.165, 1.54) is 0 Å². The molecule has 2 atom stereocenters. The van der Waals surface area contributed by atoms with Crippen molar-refractivity contribution in [3.05, 3.63) is 0 Å². The van der Waals surface area contributed by atoms with Gasteiger partial charge >= 0.3 is 0 Å². The molecule has 0 spiro atoms. The molecule has 0 aromatic heterocycles. The first kappa shape index (κ1) is 10.4. The predicted octanol–water partition coefficient (Wildman–Crippen LogP) is -0.752. The second-order valence-corrected chi connectivity index (χ2v) is 4.67. The van der Waals surface area contributed by atoms with Gasteiger partial charge in [-0.1, -0.05) is 0 Å². The van der Waals surface area contributed by atoms with Crippen LogP contribution in [0.3, 0.4) is 0 Å². The average Bonchev–Trinajstić information content (AvgIpc) is 2.71. The van der Waals surface area contributed by atoms with Gasteiger partial charge in [0.15, 0.2) is 0 Å². The smallest absolute Gasteiger partial charge is 0.245 e. The fourth-order valence-electron chi connectivity index (χ4n) is 2.15. The van der Waals surface area contributed by atoms with Crippen molar-refractivity contribution < 1.29 is 14.7 Å². The number of nitrogens with one attached hydrogen (secondary N) is 1. The summed E-state index contributed by atoms with van der Waals surface area (Å²) in [5, 5.41) is 12.4. The lowest BCUT2D eigenvalue weighted by Gasteiger charge is -2.21. The van der Waals surface area contributed by atoms with Crippen LogP contribution in [0.5, 0.6) is 0 Å². The van der Waals surface area contributed by atoms with Gasteiger partial charge in [-0.3, -0.25) is 9.59 Å². The zero-order valence-corrected chi connectivity index (χ0v) is 8.82. The minimum Gasteiger partial charge on any atom is -0.388 e. The Labute approximate surface area is 88.4 Å². The molecule has 2 aliphatic rings. The van der Waals surface area contributed by atoms with Crippen molar-refractivity contribution in [1.82, 2.24) is 10.2 Å². The SMILES string of the molecule is CC1(O)CCN(C(=O)[C@H]2CCC(=O)N2)C1. The normalized spacial score (nSPS) is 35.7. The Morgan fingerprint density at radius 2 is 2.40 bits per heavy atom. The molecular formula is C10H16N2O3. The Hall–Kier alpha value is -1.10. The van der Waals surface area contributed by atoms with Gasteiger partial charge in [0.2, 0.25) is 11.8 Å². The quantitative estimate of drug-likeness (QED) is 0.601. The van der Waals surface area contributed by atoms with E-state index in [9.17, 15) is 14.7 Å². The molecule has 0 radical (unpaired) electrons. The van der Waals surface area contributed by atoms with E-state index in [0.717, 1.165) is 0 Å². The first-order valence-electron chi connectivity index (χ1n) is 5.28. The van der Waals surface area contributed by atoms with Crippen molar-refractivity contribution in [2.45, 2.75) is 37.8 Å². The lowest BCUT2D eigenvalue weighted by Crippen LogP contribution is -2.44. The number of likely N-dealkylation sites (tertiary alicyclic amines) is 1. The van der Waals surface area contributed by atoms with E-state index in [-0.39, 0.29) is 17.9 Å². The lowest BCUT2D eigenvalue weighted by molar-refractivity contribution is -0.134. The number of carbonyl (C=O) groups is 2. The van der Waals surface area contributed by atoms with Gasteiger partial charge < -0.3 is 15.3 Å². The van der Waals surface area contributed by atoms with Crippen LogP contribution in [0.15, 0.2) is 0 Å². The van der Waals surface area contributed by atoms with Crippen molar-refractivity contribution in [3.63, 3.8) is 0 Å². The van der Waals surface area contributed by atoms with Gasteiger partial charge in [0.05, 0.1) is 5.60 Å². The van der Waals surface area contributed by atoms with Gasteiger partial charge in [0.1, 0.15) is 6.04 Å². The average molecular weight is 212 g/mol. The molecule has 2 fully saturated rings. The molecule has 5 heteroatoms. The molecule has 15 heavy (non-hydrogen) atoms. The largest absolute Gasteiger partial charge is 0.388 e. The van der Waals surface area contributed by atoms with Crippen LogP contribution in [0.2, 0.25) is 0 Å². The first-order valence-corrected chi connectivity index (χ1v) is 5.28. The van der Waals surface area contributed by atoms with Gasteiger partial charge in [-0.2, -0.15) is 0 Å². The maximum Gasteiger partial charge on any atom is 0.245 e. The number of hydrogen-bond donors (Lipinski definition) is 2. The maximum atomic E-state index is 11.9. The highest BCUT2D eigenvalue weighted by Gasteiger charge is 2.38. The fourth-order valence-corrected chi connectivity index (χ4v) is 2.15. The van der Waals surface area contributed by atoms with Crippen LogP contribution in [0.1, 0.15) is 26.2 Å². The van der Waals surface area contributed by atoms with Gasteiger partial charge in [-0.05, 0) is 19.8 Å². The van der Waals surface area contributed by atoms with E-state index in [1.807, 2.05) is 0 Å². The third-order valence-corrected chi connectivity index (χ3v) is 3.06. The molecule has 2 saturated heterocycles. The van der Waals surface area contributed by atoms with Crippen LogP contribution < -0.4 is 5.32 Å². The Morgan fingerprint density at radius 1 is 1.67 bits per heavy atom. The first-order chi connectivity index (χ1) is 6.98. The molecule has 0 aromatic carbocycles. The molecule has 2 aliphatic heterocycles. The zero-order valence-electron chi connectivity index (χ0n) is 8.82. The second-order valence-electron chi connectivity index (χ2n) is 4.67. The number of aliphatic hydroxyl groups is 1. The highest BCUT2D eigenvalue weighted by molar-refractivity contribution is 5.91. The molecule has 2 N–H and O–H groups in total. The van der Waals surface area contributed by atoms with E-state index in [1.54, 1.807) is 11.8 Å². The van der Waals surface area contributed by atoms with Crippen molar-refractivity contribution in [1.29, 1.82) is 0 Å². The van der Waals surface area contributed by atoms with Crippen LogP contribution in [0.4, 0.5) is 0 Å². The summed E-state index contributed by atoms with van der Waals surface area (Å²) in [5.74, 6) is -0.113. The van der Waals surface area contributed by atoms with E-state index < -0.39 is 5.60 Å². The minimum absolute atomic E-state index is 0.0562. The summed E-state index contributed by atoms with van der Waals surface area (Å²) in [6.45, 7) is 2.68. The molecule has 2 rings (SSSR count). The highest BCUT2D eigenvalue weighted by atomic mass is 16.3. The monoisotopic (exact) mass is 212 g/mol. The lowest BCUT2D eigenvalue weighted by atomic mass is 10.1. The maximum absolute atomic E-state index is 11.9. The van der Waals surface area contributed by atoms with E-state index in [2.05, 4.69) is 5.32 Å². The minimum atomic E-state index is -0.766. The zero-order chi connectivity index (χ0) is 11.1. The molecule has 1 unspecified atom stereocenters. The number of carbonyl (C=O) groups excluding carboxylic acids is 2. The Balaban J connectivity index is 1.95. The summed E-state index contributed by atoms with van der Waals surface area (Å²) < 4.78 is 0. The van der Waals surface area contributed by atoms with Crippen LogP contribution >= 0.6 is 0 Å². The summed E-state index contributed by atoms with van der Waals surface area (Å²) in [6.07, 6.45) is 1.62. The number of rotatable bonds is 1. The third-order valence-electron chi connectivity index (χ3n) is 3.06. The molecule has 0 saturated carbocycles. The van der Waals surface area contributed by atoms with E-state index in [0.29, 0.717) is 32.4 Å². The van der Waals surface area contributed by atoms with Crippen molar-refractivity contribution in [3.8, 4) is 0 Å². The van der Waals surface area contributed by atoms with E-state index in [4.69, 9.17) is 0 Å². The summed E-state index contributed by atoms with van der Waals surface area (Å²) in [5.41, 5.74) is -0.766. The topological polar surface area (TPSA) is 69.6 Å². The van der Waals surface area contributed by atoms with Gasteiger partial charge in [0, 0.05) is 19.5 Å². The molecular weight excluding hydrogens is 196 g/mol. The van der Waals surface area contributed by atoms with Gasteiger partial charge in [0.25, 0.3) is 0 Å². The molecule has 0 aromatic rings. The van der Waals surface area contributed by atoms with Crippen LogP contribution in [0.25, 0.3) is 0 Å². The number of hydrogen-bond acceptors (Lipinski definition) is 3. The van der Waals surface area contributed by atoms with Crippen molar-refractivity contribution in [2.24, 2.45) is 0 Å². The summed E-state index contributed by atoms with van der Waals surface area (Å²) >= 11 is 0. The molecule has 2 amide bonds. The van der Waals surface area contributed by atoms with Crippen molar-refractivity contribution in [2.75, 3.05) is 13.1 Å².